The molecule has 0 aromatic carbocycles. The molecule has 0 saturated heterocycles. The van der Waals surface area contributed by atoms with Gasteiger partial charge in [0.25, 0.3) is 0 Å². The van der Waals surface area contributed by atoms with Crippen molar-refractivity contribution in [2.24, 2.45) is 0 Å². The molecule has 1 unspecified atom stereocenters. The van der Waals surface area contributed by atoms with Gasteiger partial charge >= 0.3 is 12.1 Å². The number of carboxylic acid groups (broad SMARTS) is 1. The van der Waals surface area contributed by atoms with Gasteiger partial charge in [-0.25, -0.2) is 9.59 Å². The van der Waals surface area contributed by atoms with Crippen LogP contribution in [0.4, 0.5) is 4.79 Å². The molecule has 1 fully saturated rings. The van der Waals surface area contributed by atoms with E-state index in [1.807, 2.05) is 0 Å². The quantitative estimate of drug-likeness (QED) is 0.916. The maximum Gasteiger partial charge on any atom is 0.411 e. The van der Waals surface area contributed by atoms with Crippen LogP contribution in [0.15, 0.2) is 12.4 Å². The Morgan fingerprint density at radius 3 is 2.22 bits per heavy atom. The molecule has 2 rings (SSSR count). The van der Waals surface area contributed by atoms with Gasteiger partial charge in [-0.1, -0.05) is 0 Å². The van der Waals surface area contributed by atoms with Crippen molar-refractivity contribution in [1.82, 2.24) is 14.9 Å². The molecular weight excluding hydrogens is 298 g/mol. The van der Waals surface area contributed by atoms with Crippen LogP contribution in [0.25, 0.3) is 0 Å². The molecule has 1 amide bonds. The minimum atomic E-state index is -1.62. The molecule has 0 bridgehead atoms. The second-order valence-electron chi connectivity index (χ2n) is 6.95. The molecule has 1 atom stereocenters. The third-order valence-corrected chi connectivity index (χ3v) is 3.74. The highest BCUT2D eigenvalue weighted by Gasteiger charge is 2.53. The third kappa shape index (κ3) is 3.43. The van der Waals surface area contributed by atoms with E-state index in [-0.39, 0.29) is 11.7 Å². The van der Waals surface area contributed by atoms with Gasteiger partial charge in [0.15, 0.2) is 5.54 Å². The Bertz CT molecular complexity index is 622. The summed E-state index contributed by atoms with van der Waals surface area (Å²) < 4.78 is 5.43. The van der Waals surface area contributed by atoms with Crippen molar-refractivity contribution in [3.05, 3.63) is 23.8 Å². The van der Waals surface area contributed by atoms with E-state index in [4.69, 9.17) is 4.74 Å². The van der Waals surface area contributed by atoms with Gasteiger partial charge in [-0.15, -0.1) is 0 Å². The van der Waals surface area contributed by atoms with Crippen LogP contribution in [0.1, 0.15) is 51.9 Å². The number of carbonyl (C=O) groups is 2. The summed E-state index contributed by atoms with van der Waals surface area (Å²) in [5.74, 6) is -1.15. The summed E-state index contributed by atoms with van der Waals surface area (Å²) in [4.78, 5) is 34.4. The van der Waals surface area contributed by atoms with Gasteiger partial charge < -0.3 is 9.84 Å². The number of nitrogens with zero attached hydrogens (tertiary/aromatic N) is 3. The minimum Gasteiger partial charge on any atom is -0.479 e. The SMILES string of the molecule is Cc1nccnc1C(C)(C(=O)O)N(C(=O)OC(C)(C)C)C1CC1. The Hall–Kier alpha value is -2.18. The predicted molar refractivity (Wildman–Crippen MR) is 82.9 cm³/mol. The highest BCUT2D eigenvalue weighted by atomic mass is 16.6. The fraction of sp³-hybridized carbons (Fsp3) is 0.625. The van der Waals surface area contributed by atoms with Gasteiger partial charge in [-0.3, -0.25) is 14.9 Å². The first-order valence-corrected chi connectivity index (χ1v) is 7.61. The van der Waals surface area contributed by atoms with Crippen LogP contribution in [-0.2, 0) is 15.1 Å². The smallest absolute Gasteiger partial charge is 0.411 e. The summed E-state index contributed by atoms with van der Waals surface area (Å²) in [6.07, 6.45) is 3.79. The van der Waals surface area contributed by atoms with Crippen LogP contribution in [0.5, 0.6) is 0 Å². The molecule has 1 aromatic rings. The molecule has 1 aliphatic rings. The second-order valence-corrected chi connectivity index (χ2v) is 6.95. The number of carboxylic acids is 1. The summed E-state index contributed by atoms with van der Waals surface area (Å²) >= 11 is 0. The zero-order valence-electron chi connectivity index (χ0n) is 14.2. The molecule has 7 nitrogen and oxygen atoms in total. The zero-order chi connectivity index (χ0) is 17.4. The van der Waals surface area contributed by atoms with Crippen molar-refractivity contribution in [2.45, 2.75) is 64.6 Å². The average molecular weight is 321 g/mol. The first-order chi connectivity index (χ1) is 10.6. The minimum absolute atomic E-state index is 0.160. The van der Waals surface area contributed by atoms with E-state index in [0.717, 1.165) is 12.8 Å². The molecule has 0 aliphatic heterocycles. The number of carbonyl (C=O) groups excluding carboxylic acids is 1. The molecule has 23 heavy (non-hydrogen) atoms. The summed E-state index contributed by atoms with van der Waals surface area (Å²) in [5, 5.41) is 9.89. The van der Waals surface area contributed by atoms with Crippen LogP contribution >= 0.6 is 0 Å². The monoisotopic (exact) mass is 321 g/mol. The van der Waals surface area contributed by atoms with Crippen LogP contribution in [0.2, 0.25) is 0 Å². The zero-order valence-corrected chi connectivity index (χ0v) is 14.2. The van der Waals surface area contributed by atoms with E-state index < -0.39 is 23.2 Å². The number of aryl methyl sites for hydroxylation is 1. The molecular formula is C16H23N3O4. The van der Waals surface area contributed by atoms with Crippen LogP contribution in [0, 0.1) is 6.92 Å². The van der Waals surface area contributed by atoms with E-state index in [1.54, 1.807) is 27.7 Å². The Balaban J connectivity index is 2.50. The third-order valence-electron chi connectivity index (χ3n) is 3.74. The van der Waals surface area contributed by atoms with Gasteiger partial charge in [0.05, 0.1) is 11.4 Å². The topological polar surface area (TPSA) is 92.6 Å². The lowest BCUT2D eigenvalue weighted by Gasteiger charge is -2.38. The van der Waals surface area contributed by atoms with Gasteiger partial charge in [-0.2, -0.15) is 0 Å². The van der Waals surface area contributed by atoms with Crippen LogP contribution in [-0.4, -0.2) is 43.7 Å². The number of ether oxygens (including phenoxy) is 1. The van der Waals surface area contributed by atoms with Crippen molar-refractivity contribution in [1.29, 1.82) is 0 Å². The molecule has 1 aliphatic carbocycles. The first-order valence-electron chi connectivity index (χ1n) is 7.61. The number of rotatable bonds is 4. The molecule has 1 aromatic heterocycles. The maximum atomic E-state index is 12.7. The van der Waals surface area contributed by atoms with Crippen molar-refractivity contribution in [3.8, 4) is 0 Å². The Morgan fingerprint density at radius 2 is 1.78 bits per heavy atom. The van der Waals surface area contributed by atoms with Crippen molar-refractivity contribution in [2.75, 3.05) is 0 Å². The molecule has 1 N–H and O–H groups in total. The second kappa shape index (κ2) is 5.79. The Labute approximate surface area is 135 Å². The predicted octanol–water partition coefficient (Wildman–Crippen LogP) is 2.48. The van der Waals surface area contributed by atoms with Gasteiger partial charge in [0.1, 0.15) is 5.60 Å². The van der Waals surface area contributed by atoms with Crippen molar-refractivity contribution in [3.63, 3.8) is 0 Å². The standard InChI is InChI=1S/C16H23N3O4/c1-10-12(18-9-8-17-10)16(5,13(20)21)19(11-6-7-11)14(22)23-15(2,3)4/h8-9,11H,6-7H2,1-5H3,(H,20,21). The number of amides is 1. The largest absolute Gasteiger partial charge is 0.479 e. The van der Waals surface area contributed by atoms with Gasteiger partial charge in [-0.05, 0) is 47.5 Å². The highest BCUT2D eigenvalue weighted by molar-refractivity contribution is 5.85. The van der Waals surface area contributed by atoms with E-state index in [1.165, 1.54) is 24.2 Å². The number of hydrogen-bond acceptors (Lipinski definition) is 5. The van der Waals surface area contributed by atoms with Crippen molar-refractivity contribution >= 4 is 12.1 Å². The Kier molecular flexibility index (Phi) is 4.32. The van der Waals surface area contributed by atoms with Gasteiger partial charge in [0, 0.05) is 18.4 Å². The van der Waals surface area contributed by atoms with Gasteiger partial charge in [0.2, 0.25) is 0 Å². The lowest BCUT2D eigenvalue weighted by Crippen LogP contribution is -2.55. The Morgan fingerprint density at radius 1 is 1.22 bits per heavy atom. The summed E-state index contributed by atoms with van der Waals surface area (Å²) in [6.45, 7) is 8.42. The molecule has 0 radical (unpaired) electrons. The molecule has 126 valence electrons. The number of aromatic nitrogens is 2. The van der Waals surface area contributed by atoms with Crippen molar-refractivity contribution < 1.29 is 19.4 Å². The highest BCUT2D eigenvalue weighted by Crippen LogP contribution is 2.39. The van der Waals surface area contributed by atoms with E-state index in [2.05, 4.69) is 9.97 Å². The lowest BCUT2D eigenvalue weighted by molar-refractivity contribution is -0.151. The average Bonchev–Trinajstić information content (AvgIpc) is 3.21. The van der Waals surface area contributed by atoms with E-state index >= 15 is 0 Å². The van der Waals surface area contributed by atoms with E-state index in [9.17, 15) is 14.7 Å². The molecule has 0 spiro atoms. The number of aliphatic carboxylic acids is 1. The number of hydrogen-bond donors (Lipinski definition) is 1. The molecule has 1 saturated carbocycles. The summed E-state index contributed by atoms with van der Waals surface area (Å²) in [7, 11) is 0. The lowest BCUT2D eigenvalue weighted by atomic mass is 9.93. The summed E-state index contributed by atoms with van der Waals surface area (Å²) in [6, 6.07) is -0.160. The van der Waals surface area contributed by atoms with Crippen LogP contribution < -0.4 is 0 Å². The van der Waals surface area contributed by atoms with Crippen LogP contribution in [0.3, 0.4) is 0 Å². The summed E-state index contributed by atoms with van der Waals surface area (Å²) in [5.41, 5.74) is -1.60. The fourth-order valence-corrected chi connectivity index (χ4v) is 2.54. The maximum absolute atomic E-state index is 12.7. The fourth-order valence-electron chi connectivity index (χ4n) is 2.54. The first kappa shape index (κ1) is 17.2. The normalized spacial score (nSPS) is 17.3. The molecule has 1 heterocycles. The molecule has 7 heteroatoms. The van der Waals surface area contributed by atoms with E-state index in [0.29, 0.717) is 5.69 Å².